The van der Waals surface area contributed by atoms with E-state index in [-0.39, 0.29) is 28.7 Å². The molecule has 3 rings (SSSR count). The first-order valence-electron chi connectivity index (χ1n) is 11.6. The molecule has 0 radical (unpaired) electrons. The van der Waals surface area contributed by atoms with Crippen LogP contribution in [0.15, 0.2) is 89.8 Å². The van der Waals surface area contributed by atoms with Gasteiger partial charge < -0.3 is 10.2 Å². The summed E-state index contributed by atoms with van der Waals surface area (Å²) in [6, 6.07) is 20.7. The van der Waals surface area contributed by atoms with Gasteiger partial charge in [0.1, 0.15) is 12.6 Å². The van der Waals surface area contributed by atoms with Crippen molar-refractivity contribution < 1.29 is 22.9 Å². The molecule has 0 aromatic heterocycles. The molecule has 3 aromatic carbocycles. The van der Waals surface area contributed by atoms with E-state index in [1.807, 2.05) is 6.07 Å². The zero-order valence-corrected chi connectivity index (χ0v) is 21.3. The predicted molar refractivity (Wildman–Crippen MR) is 139 cm³/mol. The fourth-order valence-electron chi connectivity index (χ4n) is 3.69. The number of nitro groups is 1. The van der Waals surface area contributed by atoms with E-state index >= 15 is 0 Å². The van der Waals surface area contributed by atoms with Gasteiger partial charge in [-0.25, -0.2) is 8.42 Å². The van der Waals surface area contributed by atoms with Gasteiger partial charge in [-0.3, -0.25) is 24.0 Å². The van der Waals surface area contributed by atoms with Gasteiger partial charge in [0, 0.05) is 25.2 Å². The third-order valence-electron chi connectivity index (χ3n) is 5.65. The van der Waals surface area contributed by atoms with E-state index in [0.29, 0.717) is 6.54 Å². The molecule has 0 bridgehead atoms. The molecule has 0 aliphatic heterocycles. The van der Waals surface area contributed by atoms with Gasteiger partial charge in [0.05, 0.1) is 15.5 Å². The molecule has 0 aliphatic carbocycles. The summed E-state index contributed by atoms with van der Waals surface area (Å²) in [7, 11) is -4.29. The molecular weight excluding hydrogens is 496 g/mol. The van der Waals surface area contributed by atoms with Crippen molar-refractivity contribution in [2.24, 2.45) is 0 Å². The van der Waals surface area contributed by atoms with Crippen LogP contribution in [-0.2, 0) is 26.2 Å². The average Bonchev–Trinajstić information content (AvgIpc) is 2.91. The zero-order chi connectivity index (χ0) is 27.0. The number of benzene rings is 3. The summed E-state index contributed by atoms with van der Waals surface area (Å²) in [6.45, 7) is 3.07. The van der Waals surface area contributed by atoms with Gasteiger partial charge in [0.25, 0.3) is 15.7 Å². The summed E-state index contributed by atoms with van der Waals surface area (Å²) in [6.07, 6.45) is 0. The van der Waals surface area contributed by atoms with Crippen LogP contribution in [0.2, 0.25) is 0 Å². The van der Waals surface area contributed by atoms with Crippen LogP contribution in [0, 0.1) is 10.1 Å². The molecular formula is C26H28N4O6S. The molecule has 1 N–H and O–H groups in total. The van der Waals surface area contributed by atoms with E-state index in [4.69, 9.17) is 0 Å². The minimum absolute atomic E-state index is 0.0447. The molecule has 0 saturated carbocycles. The van der Waals surface area contributed by atoms with Gasteiger partial charge in [-0.15, -0.1) is 0 Å². The number of likely N-dealkylation sites (N-methyl/N-ethyl adjacent to an activating group) is 1. The van der Waals surface area contributed by atoms with Crippen LogP contribution in [0.25, 0.3) is 0 Å². The number of carbonyl (C=O) groups excluding carboxylic acids is 2. The van der Waals surface area contributed by atoms with Gasteiger partial charge >= 0.3 is 0 Å². The Labute approximate surface area is 215 Å². The lowest BCUT2D eigenvalue weighted by molar-refractivity contribution is -0.384. The minimum Gasteiger partial charge on any atom is -0.355 e. The molecule has 37 heavy (non-hydrogen) atoms. The number of anilines is 1. The summed E-state index contributed by atoms with van der Waals surface area (Å²) >= 11 is 0. The Morgan fingerprint density at radius 2 is 1.59 bits per heavy atom. The van der Waals surface area contributed by atoms with Crippen molar-refractivity contribution in [2.45, 2.75) is 31.3 Å². The molecule has 3 aromatic rings. The minimum atomic E-state index is -4.29. The van der Waals surface area contributed by atoms with Crippen molar-refractivity contribution in [2.75, 3.05) is 17.4 Å². The van der Waals surface area contributed by atoms with Gasteiger partial charge in [-0.2, -0.15) is 0 Å². The van der Waals surface area contributed by atoms with Crippen LogP contribution in [-0.4, -0.2) is 49.2 Å². The Hall–Kier alpha value is -4.25. The normalized spacial score (nSPS) is 11.8. The standard InChI is InChI=1S/C26H28N4O6S/c1-3-27-26(32)20(2)28(18-21-11-6-4-7-12-21)25(31)19-29(22-13-10-14-23(17-22)30(33)34)37(35,36)24-15-8-5-9-16-24/h4-17,20H,3,18-19H2,1-2H3,(H,27,32)/t20-/m0/s1. The van der Waals surface area contributed by atoms with E-state index in [1.54, 1.807) is 56.3 Å². The summed E-state index contributed by atoms with van der Waals surface area (Å²) in [5, 5.41) is 14.1. The SMILES string of the molecule is CCNC(=O)[C@H](C)N(Cc1ccccc1)C(=O)CN(c1cccc([N+](=O)[O-])c1)S(=O)(=O)c1ccccc1. The Kier molecular flexibility index (Phi) is 8.96. The first-order valence-corrected chi connectivity index (χ1v) is 13.0. The number of rotatable bonds is 11. The molecule has 194 valence electrons. The van der Waals surface area contributed by atoms with Crippen LogP contribution < -0.4 is 9.62 Å². The lowest BCUT2D eigenvalue weighted by Crippen LogP contribution is -2.51. The van der Waals surface area contributed by atoms with Crippen molar-refractivity contribution >= 4 is 33.2 Å². The molecule has 0 heterocycles. The number of sulfonamides is 1. The topological polar surface area (TPSA) is 130 Å². The van der Waals surface area contributed by atoms with Crippen molar-refractivity contribution in [3.05, 3.63) is 101 Å². The lowest BCUT2D eigenvalue weighted by atomic mass is 10.1. The fraction of sp³-hybridized carbons (Fsp3) is 0.231. The molecule has 0 spiro atoms. The largest absolute Gasteiger partial charge is 0.355 e. The third-order valence-corrected chi connectivity index (χ3v) is 7.44. The second kappa shape index (κ2) is 12.1. The molecule has 2 amide bonds. The van der Waals surface area contributed by atoms with Crippen LogP contribution in [0.1, 0.15) is 19.4 Å². The Morgan fingerprint density at radius 1 is 0.973 bits per heavy atom. The zero-order valence-electron chi connectivity index (χ0n) is 20.5. The molecule has 0 saturated heterocycles. The molecule has 0 aliphatic rings. The van der Waals surface area contributed by atoms with Gasteiger partial charge in [-0.05, 0) is 37.6 Å². The van der Waals surface area contributed by atoms with Crippen LogP contribution in [0.4, 0.5) is 11.4 Å². The van der Waals surface area contributed by atoms with Gasteiger partial charge in [-0.1, -0.05) is 54.6 Å². The van der Waals surface area contributed by atoms with Gasteiger partial charge in [0.2, 0.25) is 11.8 Å². The molecule has 10 nitrogen and oxygen atoms in total. The molecule has 11 heteroatoms. The number of hydrogen-bond acceptors (Lipinski definition) is 6. The highest BCUT2D eigenvalue weighted by molar-refractivity contribution is 7.92. The maximum atomic E-state index is 13.7. The number of carbonyl (C=O) groups is 2. The highest BCUT2D eigenvalue weighted by atomic mass is 32.2. The van der Waals surface area contributed by atoms with Crippen molar-refractivity contribution in [1.82, 2.24) is 10.2 Å². The number of non-ortho nitro benzene ring substituents is 1. The molecule has 0 fully saturated rings. The Morgan fingerprint density at radius 3 is 2.19 bits per heavy atom. The summed E-state index contributed by atoms with van der Waals surface area (Å²) in [4.78, 5) is 38.3. The summed E-state index contributed by atoms with van der Waals surface area (Å²) in [5.74, 6) is -1.03. The number of amides is 2. The van der Waals surface area contributed by atoms with Crippen LogP contribution in [0.3, 0.4) is 0 Å². The first kappa shape index (κ1) is 27.3. The Bertz CT molecular complexity index is 1350. The monoisotopic (exact) mass is 524 g/mol. The van der Waals surface area contributed by atoms with E-state index in [0.717, 1.165) is 15.9 Å². The quantitative estimate of drug-likeness (QED) is 0.302. The van der Waals surface area contributed by atoms with Gasteiger partial charge in [0.15, 0.2) is 0 Å². The van der Waals surface area contributed by atoms with Crippen LogP contribution >= 0.6 is 0 Å². The molecule has 1 atom stereocenters. The molecule has 0 unspecified atom stereocenters. The summed E-state index contributed by atoms with van der Waals surface area (Å²) < 4.78 is 28.1. The lowest BCUT2D eigenvalue weighted by Gasteiger charge is -2.32. The van der Waals surface area contributed by atoms with E-state index in [2.05, 4.69) is 5.32 Å². The van der Waals surface area contributed by atoms with Crippen LogP contribution in [0.5, 0.6) is 0 Å². The van der Waals surface area contributed by atoms with Crippen molar-refractivity contribution in [3.8, 4) is 0 Å². The highest BCUT2D eigenvalue weighted by Gasteiger charge is 2.32. The second-order valence-corrected chi connectivity index (χ2v) is 10.0. The highest BCUT2D eigenvalue weighted by Crippen LogP contribution is 2.27. The predicted octanol–water partition coefficient (Wildman–Crippen LogP) is 3.34. The van der Waals surface area contributed by atoms with Crippen molar-refractivity contribution in [3.63, 3.8) is 0 Å². The maximum absolute atomic E-state index is 13.7. The number of nitrogens with zero attached hydrogens (tertiary/aromatic N) is 3. The first-order chi connectivity index (χ1) is 17.6. The second-order valence-electron chi connectivity index (χ2n) is 8.18. The number of nitro benzene ring substituents is 1. The third kappa shape index (κ3) is 6.70. The maximum Gasteiger partial charge on any atom is 0.271 e. The van der Waals surface area contributed by atoms with E-state index < -0.39 is 33.4 Å². The average molecular weight is 525 g/mol. The number of nitrogens with one attached hydrogen (secondary N) is 1. The van der Waals surface area contributed by atoms with E-state index in [9.17, 15) is 28.1 Å². The number of hydrogen-bond donors (Lipinski definition) is 1. The Balaban J connectivity index is 2.05. The smallest absolute Gasteiger partial charge is 0.271 e. The fourth-order valence-corrected chi connectivity index (χ4v) is 5.12. The summed E-state index contributed by atoms with van der Waals surface area (Å²) in [5.41, 5.74) is 0.381. The van der Waals surface area contributed by atoms with Crippen molar-refractivity contribution in [1.29, 1.82) is 0 Å². The van der Waals surface area contributed by atoms with E-state index in [1.165, 1.54) is 35.2 Å².